The van der Waals surface area contributed by atoms with Gasteiger partial charge in [0.1, 0.15) is 5.82 Å². The SMILES string of the molecule is CC(=O)NNC(=O)c1cc(Br)ccc1F. The van der Waals surface area contributed by atoms with Crippen LogP contribution >= 0.6 is 15.9 Å². The maximum Gasteiger partial charge on any atom is 0.272 e. The molecule has 2 amide bonds. The number of rotatable bonds is 1. The van der Waals surface area contributed by atoms with Crippen LogP contribution in [0.4, 0.5) is 4.39 Å². The van der Waals surface area contributed by atoms with Crippen molar-refractivity contribution in [2.75, 3.05) is 0 Å². The summed E-state index contributed by atoms with van der Waals surface area (Å²) in [7, 11) is 0. The molecule has 2 N–H and O–H groups in total. The zero-order valence-corrected chi connectivity index (χ0v) is 9.39. The number of carbonyl (C=O) groups excluding carboxylic acids is 2. The number of nitrogens with one attached hydrogen (secondary N) is 2. The number of hydrazine groups is 1. The average Bonchev–Trinajstić information content (AvgIpc) is 2.18. The minimum atomic E-state index is -0.705. The molecule has 0 unspecified atom stereocenters. The Bertz CT molecular complexity index is 409. The largest absolute Gasteiger partial charge is 0.274 e. The van der Waals surface area contributed by atoms with Gasteiger partial charge in [0.05, 0.1) is 5.56 Å². The summed E-state index contributed by atoms with van der Waals surface area (Å²) in [5.41, 5.74) is 4.00. The van der Waals surface area contributed by atoms with Crippen molar-refractivity contribution in [1.82, 2.24) is 10.9 Å². The number of hydrogen-bond acceptors (Lipinski definition) is 2. The number of amides is 2. The topological polar surface area (TPSA) is 58.2 Å². The summed E-state index contributed by atoms with van der Waals surface area (Å²) >= 11 is 3.11. The molecule has 1 aromatic carbocycles. The molecule has 0 atom stereocenters. The fraction of sp³-hybridized carbons (Fsp3) is 0.111. The van der Waals surface area contributed by atoms with E-state index in [1.54, 1.807) is 0 Å². The highest BCUT2D eigenvalue weighted by Gasteiger charge is 2.11. The number of carbonyl (C=O) groups is 2. The lowest BCUT2D eigenvalue weighted by atomic mass is 10.2. The normalized spacial score (nSPS) is 9.53. The molecule has 0 aliphatic rings. The molecule has 0 heterocycles. The minimum Gasteiger partial charge on any atom is -0.274 e. The molecule has 0 saturated carbocycles. The van der Waals surface area contributed by atoms with Crippen LogP contribution in [0.2, 0.25) is 0 Å². The molecule has 0 aliphatic carbocycles. The van der Waals surface area contributed by atoms with Crippen molar-refractivity contribution < 1.29 is 14.0 Å². The molecule has 80 valence electrons. The molecule has 1 rings (SSSR count). The quantitative estimate of drug-likeness (QED) is 0.760. The molecule has 4 nitrogen and oxygen atoms in total. The number of hydrogen-bond donors (Lipinski definition) is 2. The maximum atomic E-state index is 13.2. The van der Waals surface area contributed by atoms with E-state index < -0.39 is 17.6 Å². The van der Waals surface area contributed by atoms with Gasteiger partial charge in [0, 0.05) is 11.4 Å². The fourth-order valence-corrected chi connectivity index (χ4v) is 1.24. The van der Waals surface area contributed by atoms with Crippen molar-refractivity contribution in [3.05, 3.63) is 34.1 Å². The van der Waals surface area contributed by atoms with Crippen molar-refractivity contribution in [3.8, 4) is 0 Å². The van der Waals surface area contributed by atoms with Gasteiger partial charge in [-0.2, -0.15) is 0 Å². The first-order chi connectivity index (χ1) is 7.00. The van der Waals surface area contributed by atoms with Crippen LogP contribution in [0.25, 0.3) is 0 Å². The highest BCUT2D eigenvalue weighted by Crippen LogP contribution is 2.15. The Morgan fingerprint density at radius 1 is 1.33 bits per heavy atom. The van der Waals surface area contributed by atoms with Crippen LogP contribution in [0.1, 0.15) is 17.3 Å². The van der Waals surface area contributed by atoms with Gasteiger partial charge >= 0.3 is 0 Å². The van der Waals surface area contributed by atoms with E-state index in [-0.39, 0.29) is 5.56 Å². The predicted molar refractivity (Wildman–Crippen MR) is 55.4 cm³/mol. The van der Waals surface area contributed by atoms with Crippen LogP contribution in [-0.4, -0.2) is 11.8 Å². The van der Waals surface area contributed by atoms with E-state index in [1.165, 1.54) is 19.1 Å². The van der Waals surface area contributed by atoms with E-state index in [1.807, 2.05) is 0 Å². The molecule has 0 fully saturated rings. The van der Waals surface area contributed by atoms with Crippen LogP contribution in [-0.2, 0) is 4.79 Å². The third kappa shape index (κ3) is 3.32. The van der Waals surface area contributed by atoms with Crippen molar-refractivity contribution in [2.45, 2.75) is 6.92 Å². The summed E-state index contributed by atoms with van der Waals surface area (Å²) < 4.78 is 13.7. The molecule has 15 heavy (non-hydrogen) atoms. The van der Waals surface area contributed by atoms with Crippen LogP contribution in [0.15, 0.2) is 22.7 Å². The lowest BCUT2D eigenvalue weighted by Crippen LogP contribution is -2.40. The summed E-state index contributed by atoms with van der Waals surface area (Å²) in [6, 6.07) is 3.96. The minimum absolute atomic E-state index is 0.141. The number of halogens is 2. The van der Waals surface area contributed by atoms with Gasteiger partial charge in [0.2, 0.25) is 5.91 Å². The highest BCUT2D eigenvalue weighted by molar-refractivity contribution is 9.10. The van der Waals surface area contributed by atoms with Gasteiger partial charge < -0.3 is 0 Å². The van der Waals surface area contributed by atoms with Crippen LogP contribution in [0, 0.1) is 5.82 Å². The van der Waals surface area contributed by atoms with Gasteiger partial charge in [-0.15, -0.1) is 0 Å². The summed E-state index contributed by atoms with van der Waals surface area (Å²) in [5.74, 6) is -1.79. The Balaban J connectivity index is 2.81. The monoisotopic (exact) mass is 274 g/mol. The molecule has 0 bridgehead atoms. The Kier molecular flexibility index (Phi) is 3.79. The Labute approximate surface area is 94.0 Å². The van der Waals surface area contributed by atoms with Gasteiger partial charge in [-0.25, -0.2) is 4.39 Å². The summed E-state index contributed by atoms with van der Waals surface area (Å²) in [6.07, 6.45) is 0. The summed E-state index contributed by atoms with van der Waals surface area (Å²) in [5, 5.41) is 0. The number of benzene rings is 1. The molecule has 0 aliphatic heterocycles. The highest BCUT2D eigenvalue weighted by atomic mass is 79.9. The lowest BCUT2D eigenvalue weighted by molar-refractivity contribution is -0.119. The second kappa shape index (κ2) is 4.88. The zero-order valence-electron chi connectivity index (χ0n) is 7.80. The van der Waals surface area contributed by atoms with E-state index in [4.69, 9.17) is 0 Å². The van der Waals surface area contributed by atoms with Crippen molar-refractivity contribution in [1.29, 1.82) is 0 Å². The van der Waals surface area contributed by atoms with E-state index >= 15 is 0 Å². The van der Waals surface area contributed by atoms with Crippen LogP contribution < -0.4 is 10.9 Å². The molecule has 0 spiro atoms. The second-order valence-corrected chi connectivity index (χ2v) is 3.68. The van der Waals surface area contributed by atoms with Crippen LogP contribution in [0.5, 0.6) is 0 Å². The third-order valence-electron chi connectivity index (χ3n) is 1.53. The molecular weight excluding hydrogens is 267 g/mol. The molecule has 0 radical (unpaired) electrons. The second-order valence-electron chi connectivity index (χ2n) is 2.76. The molecule has 0 aromatic heterocycles. The van der Waals surface area contributed by atoms with Gasteiger partial charge in [0.25, 0.3) is 5.91 Å². The van der Waals surface area contributed by atoms with E-state index in [9.17, 15) is 14.0 Å². The molecule has 1 aromatic rings. The van der Waals surface area contributed by atoms with Crippen molar-refractivity contribution >= 4 is 27.7 Å². The molecule has 6 heteroatoms. The Morgan fingerprint density at radius 2 is 2.00 bits per heavy atom. The average molecular weight is 275 g/mol. The predicted octanol–water partition coefficient (Wildman–Crippen LogP) is 1.37. The first kappa shape index (κ1) is 11.6. The smallest absolute Gasteiger partial charge is 0.272 e. The molecular formula is C9H8BrFN2O2. The van der Waals surface area contributed by atoms with Gasteiger partial charge in [0.15, 0.2) is 0 Å². The van der Waals surface area contributed by atoms with Crippen molar-refractivity contribution in [3.63, 3.8) is 0 Å². The Hall–Kier alpha value is -1.43. The van der Waals surface area contributed by atoms with E-state index in [0.29, 0.717) is 4.47 Å². The Morgan fingerprint density at radius 3 is 2.60 bits per heavy atom. The van der Waals surface area contributed by atoms with Gasteiger partial charge in [-0.1, -0.05) is 15.9 Å². The fourth-order valence-electron chi connectivity index (χ4n) is 0.884. The van der Waals surface area contributed by atoms with E-state index in [2.05, 4.69) is 26.8 Å². The maximum absolute atomic E-state index is 13.2. The van der Waals surface area contributed by atoms with Gasteiger partial charge in [-0.05, 0) is 18.2 Å². The van der Waals surface area contributed by atoms with E-state index in [0.717, 1.165) is 6.07 Å². The zero-order chi connectivity index (χ0) is 11.4. The first-order valence-electron chi connectivity index (χ1n) is 4.02. The lowest BCUT2D eigenvalue weighted by Gasteiger charge is -2.06. The van der Waals surface area contributed by atoms with Crippen molar-refractivity contribution in [2.24, 2.45) is 0 Å². The van der Waals surface area contributed by atoms with Gasteiger partial charge in [-0.3, -0.25) is 20.4 Å². The van der Waals surface area contributed by atoms with Crippen LogP contribution in [0.3, 0.4) is 0 Å². The summed E-state index contributed by atoms with van der Waals surface area (Å²) in [6.45, 7) is 1.23. The standard InChI is InChI=1S/C9H8BrFN2O2/c1-5(14)12-13-9(15)7-4-6(10)2-3-8(7)11/h2-4H,1H3,(H,12,14)(H,13,15). The third-order valence-corrected chi connectivity index (χ3v) is 2.02. The summed E-state index contributed by atoms with van der Waals surface area (Å²) in [4.78, 5) is 21.8. The molecule has 0 saturated heterocycles. The first-order valence-corrected chi connectivity index (χ1v) is 4.82.